The Morgan fingerprint density at radius 2 is 2.06 bits per heavy atom. The largest absolute Gasteiger partial charge is 0.390 e. The molecule has 1 aromatic rings. The smallest absolute Gasteiger partial charge is 0.154 e. The summed E-state index contributed by atoms with van der Waals surface area (Å²) in [6.07, 6.45) is -0.803. The third-order valence-electron chi connectivity index (χ3n) is 2.84. The molecule has 6 heteroatoms. The van der Waals surface area contributed by atoms with Crippen LogP contribution in [0.15, 0.2) is 28.7 Å². The molecular formula is C11H14BrNO3S. The van der Waals surface area contributed by atoms with Gasteiger partial charge in [-0.1, -0.05) is 34.1 Å². The molecular weight excluding hydrogens is 306 g/mol. The van der Waals surface area contributed by atoms with Crippen molar-refractivity contribution in [2.24, 2.45) is 0 Å². The zero-order valence-corrected chi connectivity index (χ0v) is 11.5. The minimum atomic E-state index is -3.08. The minimum absolute atomic E-state index is 0.0125. The van der Waals surface area contributed by atoms with E-state index in [0.29, 0.717) is 6.54 Å². The fourth-order valence-corrected chi connectivity index (χ4v) is 4.11. The quantitative estimate of drug-likeness (QED) is 0.860. The van der Waals surface area contributed by atoms with E-state index < -0.39 is 15.9 Å². The second kappa shape index (κ2) is 5.06. The summed E-state index contributed by atoms with van der Waals surface area (Å²) in [7, 11) is -3.08. The summed E-state index contributed by atoms with van der Waals surface area (Å²) in [6, 6.07) is 7.35. The average molecular weight is 320 g/mol. The third-order valence-corrected chi connectivity index (χ3v) is 5.33. The fraction of sp³-hybridized carbons (Fsp3) is 0.455. The van der Waals surface area contributed by atoms with Gasteiger partial charge in [0.15, 0.2) is 9.84 Å². The molecule has 1 saturated heterocycles. The van der Waals surface area contributed by atoms with Crippen molar-refractivity contribution >= 4 is 25.8 Å². The summed E-state index contributed by atoms with van der Waals surface area (Å²) < 4.78 is 23.6. The lowest BCUT2D eigenvalue weighted by atomic mass is 10.2. The maximum atomic E-state index is 11.3. The van der Waals surface area contributed by atoms with Crippen LogP contribution in [0.2, 0.25) is 0 Å². The first kappa shape index (κ1) is 13.0. The van der Waals surface area contributed by atoms with Gasteiger partial charge in [-0.25, -0.2) is 8.42 Å². The van der Waals surface area contributed by atoms with Gasteiger partial charge < -0.3 is 10.4 Å². The number of aliphatic hydroxyl groups is 1. The molecule has 0 radical (unpaired) electrons. The van der Waals surface area contributed by atoms with Crippen molar-refractivity contribution in [3.05, 3.63) is 34.3 Å². The molecule has 17 heavy (non-hydrogen) atoms. The monoisotopic (exact) mass is 319 g/mol. The number of hydrogen-bond donors (Lipinski definition) is 2. The predicted octanol–water partition coefficient (Wildman–Crippen LogP) is 0.697. The standard InChI is InChI=1S/C11H14BrNO3S/c12-9-4-2-1-3-8(9)5-13-10-6-17(15,16)7-11(10)14/h1-4,10-11,13-14H,5-7H2. The van der Waals surface area contributed by atoms with Crippen LogP contribution in [0.4, 0.5) is 0 Å². The Balaban J connectivity index is 1.98. The maximum Gasteiger partial charge on any atom is 0.154 e. The number of rotatable bonds is 3. The molecule has 0 amide bonds. The van der Waals surface area contributed by atoms with Crippen LogP contribution in [0.3, 0.4) is 0 Å². The van der Waals surface area contributed by atoms with Gasteiger partial charge in [0.05, 0.1) is 17.6 Å². The first-order valence-electron chi connectivity index (χ1n) is 5.33. The third kappa shape index (κ3) is 3.28. The van der Waals surface area contributed by atoms with E-state index in [1.807, 2.05) is 24.3 Å². The van der Waals surface area contributed by atoms with Gasteiger partial charge in [0.25, 0.3) is 0 Å². The molecule has 1 heterocycles. The van der Waals surface area contributed by atoms with Crippen molar-refractivity contribution in [3.63, 3.8) is 0 Å². The van der Waals surface area contributed by atoms with Crippen molar-refractivity contribution in [2.75, 3.05) is 11.5 Å². The van der Waals surface area contributed by atoms with Crippen LogP contribution in [-0.4, -0.2) is 37.2 Å². The molecule has 0 saturated carbocycles. The second-order valence-electron chi connectivity index (χ2n) is 4.22. The molecule has 4 nitrogen and oxygen atoms in total. The normalized spacial score (nSPS) is 27.2. The van der Waals surface area contributed by atoms with Gasteiger partial charge in [0.1, 0.15) is 0 Å². The zero-order valence-electron chi connectivity index (χ0n) is 9.14. The maximum absolute atomic E-state index is 11.3. The molecule has 0 spiro atoms. The molecule has 1 fully saturated rings. The van der Waals surface area contributed by atoms with Crippen LogP contribution in [0.5, 0.6) is 0 Å². The molecule has 2 unspecified atom stereocenters. The van der Waals surface area contributed by atoms with Crippen LogP contribution in [0.25, 0.3) is 0 Å². The highest BCUT2D eigenvalue weighted by Gasteiger charge is 2.35. The second-order valence-corrected chi connectivity index (χ2v) is 7.23. The van der Waals surface area contributed by atoms with Crippen molar-refractivity contribution in [3.8, 4) is 0 Å². The Morgan fingerprint density at radius 3 is 2.65 bits per heavy atom. The van der Waals surface area contributed by atoms with Crippen molar-refractivity contribution in [2.45, 2.75) is 18.7 Å². The van der Waals surface area contributed by atoms with Gasteiger partial charge in [0.2, 0.25) is 0 Å². The summed E-state index contributed by atoms with van der Waals surface area (Å²) >= 11 is 3.42. The Morgan fingerprint density at radius 1 is 1.35 bits per heavy atom. The van der Waals surface area contributed by atoms with Gasteiger partial charge in [-0.05, 0) is 11.6 Å². The first-order valence-corrected chi connectivity index (χ1v) is 7.95. The van der Waals surface area contributed by atoms with E-state index >= 15 is 0 Å². The van der Waals surface area contributed by atoms with Gasteiger partial charge >= 0.3 is 0 Å². The van der Waals surface area contributed by atoms with Crippen LogP contribution in [-0.2, 0) is 16.4 Å². The topological polar surface area (TPSA) is 66.4 Å². The number of benzene rings is 1. The number of halogens is 1. The fourth-order valence-electron chi connectivity index (χ4n) is 1.91. The van der Waals surface area contributed by atoms with Gasteiger partial charge in [0, 0.05) is 17.1 Å². The summed E-state index contributed by atoms with van der Waals surface area (Å²) in [5.41, 5.74) is 1.05. The lowest BCUT2D eigenvalue weighted by Gasteiger charge is -2.15. The van der Waals surface area contributed by atoms with Crippen molar-refractivity contribution in [1.82, 2.24) is 5.32 Å². The molecule has 2 N–H and O–H groups in total. The highest BCUT2D eigenvalue weighted by atomic mass is 79.9. The minimum Gasteiger partial charge on any atom is -0.390 e. The molecule has 1 aliphatic rings. The Labute approximate surface area is 109 Å². The van der Waals surface area contributed by atoms with Gasteiger partial charge in [-0.15, -0.1) is 0 Å². The highest BCUT2D eigenvalue weighted by molar-refractivity contribution is 9.10. The van der Waals surface area contributed by atoms with Gasteiger partial charge in [-0.2, -0.15) is 0 Å². The number of sulfone groups is 1. The highest BCUT2D eigenvalue weighted by Crippen LogP contribution is 2.17. The van der Waals surface area contributed by atoms with E-state index in [-0.39, 0.29) is 17.5 Å². The number of hydrogen-bond acceptors (Lipinski definition) is 4. The van der Waals surface area contributed by atoms with Crippen LogP contribution in [0, 0.1) is 0 Å². The molecule has 0 aromatic heterocycles. The van der Waals surface area contributed by atoms with Crippen LogP contribution >= 0.6 is 15.9 Å². The Hall–Kier alpha value is -0.430. The lowest BCUT2D eigenvalue weighted by molar-refractivity contribution is 0.165. The van der Waals surface area contributed by atoms with Crippen molar-refractivity contribution in [1.29, 1.82) is 0 Å². The molecule has 0 bridgehead atoms. The molecule has 94 valence electrons. The first-order chi connectivity index (χ1) is 7.98. The number of nitrogens with one attached hydrogen (secondary N) is 1. The van der Waals surface area contributed by atoms with E-state index in [4.69, 9.17) is 0 Å². The van der Waals surface area contributed by atoms with E-state index in [0.717, 1.165) is 10.0 Å². The van der Waals surface area contributed by atoms with E-state index in [9.17, 15) is 13.5 Å². The summed E-state index contributed by atoms with van der Waals surface area (Å²) in [6.45, 7) is 0.540. The zero-order chi connectivity index (χ0) is 12.5. The molecule has 0 aliphatic carbocycles. The van der Waals surface area contributed by atoms with Crippen LogP contribution in [0.1, 0.15) is 5.56 Å². The molecule has 1 aliphatic heterocycles. The summed E-state index contributed by atoms with van der Waals surface area (Å²) in [4.78, 5) is 0. The van der Waals surface area contributed by atoms with E-state index in [1.165, 1.54) is 0 Å². The molecule has 1 aromatic carbocycles. The predicted molar refractivity (Wildman–Crippen MR) is 69.4 cm³/mol. The number of aliphatic hydroxyl groups excluding tert-OH is 1. The van der Waals surface area contributed by atoms with Crippen molar-refractivity contribution < 1.29 is 13.5 Å². The summed E-state index contributed by atoms with van der Waals surface area (Å²) in [5.74, 6) is -0.126. The Kier molecular flexibility index (Phi) is 3.87. The molecule has 2 atom stereocenters. The van der Waals surface area contributed by atoms with Gasteiger partial charge in [-0.3, -0.25) is 0 Å². The van der Waals surface area contributed by atoms with E-state index in [1.54, 1.807) is 0 Å². The lowest BCUT2D eigenvalue weighted by Crippen LogP contribution is -2.38. The SMILES string of the molecule is O=S1(=O)CC(O)C(NCc2ccccc2Br)C1. The average Bonchev–Trinajstić information content (AvgIpc) is 2.51. The van der Waals surface area contributed by atoms with E-state index in [2.05, 4.69) is 21.2 Å². The molecule has 2 rings (SSSR count). The Bertz CT molecular complexity index is 503. The summed E-state index contributed by atoms with van der Waals surface area (Å²) in [5, 5.41) is 12.7. The van der Waals surface area contributed by atoms with Crippen LogP contribution < -0.4 is 5.32 Å².